The van der Waals surface area contributed by atoms with Crippen LogP contribution in [0.5, 0.6) is 0 Å². The van der Waals surface area contributed by atoms with Crippen LogP contribution in [0.4, 0.5) is 10.5 Å². The van der Waals surface area contributed by atoms with E-state index in [2.05, 4.69) is 28.7 Å². The molecule has 0 aliphatic carbocycles. The van der Waals surface area contributed by atoms with E-state index in [1.54, 1.807) is 11.8 Å². The van der Waals surface area contributed by atoms with Crippen molar-refractivity contribution >= 4 is 34.6 Å². The van der Waals surface area contributed by atoms with Gasteiger partial charge >= 0.3 is 6.03 Å². The van der Waals surface area contributed by atoms with Gasteiger partial charge in [0.2, 0.25) is 0 Å². The third-order valence-electron chi connectivity index (χ3n) is 5.55. The number of imidazole rings is 1. The van der Waals surface area contributed by atoms with Gasteiger partial charge in [-0.2, -0.15) is 0 Å². The first-order chi connectivity index (χ1) is 14.5. The molecule has 2 amide bonds. The van der Waals surface area contributed by atoms with Crippen LogP contribution in [0, 0.1) is 5.92 Å². The van der Waals surface area contributed by atoms with Crippen LogP contribution in [0.15, 0.2) is 47.5 Å². The number of piperidine rings is 1. The van der Waals surface area contributed by atoms with Crippen molar-refractivity contribution in [1.29, 1.82) is 0 Å². The molecule has 0 bridgehead atoms. The van der Waals surface area contributed by atoms with Crippen molar-refractivity contribution in [2.45, 2.75) is 44.0 Å². The van der Waals surface area contributed by atoms with Crippen LogP contribution >= 0.6 is 11.8 Å². The lowest BCUT2D eigenvalue weighted by atomic mass is 10.0. The Morgan fingerprint density at radius 3 is 2.77 bits per heavy atom. The Morgan fingerprint density at radius 1 is 1.23 bits per heavy atom. The Morgan fingerprint density at radius 2 is 2.03 bits per heavy atom. The monoisotopic (exact) mass is 423 g/mol. The van der Waals surface area contributed by atoms with Gasteiger partial charge in [0.15, 0.2) is 5.65 Å². The highest BCUT2D eigenvalue weighted by Gasteiger charge is 2.27. The number of thioether (sulfide) groups is 1. The van der Waals surface area contributed by atoms with E-state index >= 15 is 0 Å². The number of hydrogen-bond acceptors (Lipinski definition) is 4. The summed E-state index contributed by atoms with van der Waals surface area (Å²) in [7, 11) is 0. The van der Waals surface area contributed by atoms with E-state index in [0.29, 0.717) is 12.0 Å². The standard InChI is InChI=1S/C23H29N5OS/c1-16(2)14-21-26-20-8-5-11-24-22(20)28(21)18-9-12-27(13-10-18)23(29)25-17-6-4-7-19(15-17)30-3/h4-8,11,15-16,18H,9-10,12-14H2,1-3H3,(H,25,29). The maximum atomic E-state index is 12.8. The molecule has 1 fully saturated rings. The molecule has 1 aromatic carbocycles. The fraction of sp³-hybridized carbons (Fsp3) is 0.435. The van der Waals surface area contributed by atoms with E-state index in [4.69, 9.17) is 4.98 Å². The average molecular weight is 424 g/mol. The van der Waals surface area contributed by atoms with Crippen molar-refractivity contribution in [3.8, 4) is 0 Å². The maximum Gasteiger partial charge on any atom is 0.321 e. The topological polar surface area (TPSA) is 63.1 Å². The van der Waals surface area contributed by atoms with Crippen molar-refractivity contribution in [3.63, 3.8) is 0 Å². The molecule has 158 valence electrons. The molecule has 4 rings (SSSR count). The molecule has 3 heterocycles. The molecule has 1 aliphatic rings. The first kappa shape index (κ1) is 20.7. The number of urea groups is 1. The summed E-state index contributed by atoms with van der Waals surface area (Å²) in [5.41, 5.74) is 2.77. The number of fused-ring (bicyclic) bond motifs is 1. The third-order valence-corrected chi connectivity index (χ3v) is 6.28. The van der Waals surface area contributed by atoms with Crippen molar-refractivity contribution in [2.75, 3.05) is 24.7 Å². The molecular formula is C23H29N5OS. The van der Waals surface area contributed by atoms with Gasteiger partial charge in [0.1, 0.15) is 11.3 Å². The number of carbonyl (C=O) groups is 1. The predicted molar refractivity (Wildman–Crippen MR) is 123 cm³/mol. The smallest absolute Gasteiger partial charge is 0.321 e. The van der Waals surface area contributed by atoms with Gasteiger partial charge in [-0.25, -0.2) is 14.8 Å². The van der Waals surface area contributed by atoms with E-state index in [9.17, 15) is 4.79 Å². The lowest BCUT2D eigenvalue weighted by Crippen LogP contribution is -2.41. The van der Waals surface area contributed by atoms with E-state index in [-0.39, 0.29) is 6.03 Å². The summed E-state index contributed by atoms with van der Waals surface area (Å²) in [4.78, 5) is 25.3. The number of benzene rings is 1. The number of nitrogens with one attached hydrogen (secondary N) is 1. The summed E-state index contributed by atoms with van der Waals surface area (Å²) < 4.78 is 2.33. The minimum Gasteiger partial charge on any atom is -0.324 e. The first-order valence-corrected chi connectivity index (χ1v) is 11.8. The van der Waals surface area contributed by atoms with Gasteiger partial charge in [0.25, 0.3) is 0 Å². The zero-order valence-electron chi connectivity index (χ0n) is 17.8. The Balaban J connectivity index is 1.46. The second-order valence-corrected chi connectivity index (χ2v) is 9.10. The van der Waals surface area contributed by atoms with Crippen LogP contribution in [0.2, 0.25) is 0 Å². The van der Waals surface area contributed by atoms with Gasteiger partial charge in [-0.3, -0.25) is 0 Å². The number of anilines is 1. The Hall–Kier alpha value is -2.54. The molecule has 3 aromatic rings. The Bertz CT molecular complexity index is 1020. The fourth-order valence-corrected chi connectivity index (χ4v) is 4.56. The van der Waals surface area contributed by atoms with Crippen LogP contribution < -0.4 is 5.32 Å². The van der Waals surface area contributed by atoms with E-state index in [1.165, 1.54) is 0 Å². The van der Waals surface area contributed by atoms with Crippen molar-refractivity contribution in [1.82, 2.24) is 19.4 Å². The number of carbonyl (C=O) groups excluding carboxylic acids is 1. The molecule has 0 saturated carbocycles. The Labute approximate surface area is 182 Å². The number of nitrogens with zero attached hydrogens (tertiary/aromatic N) is 4. The van der Waals surface area contributed by atoms with Gasteiger partial charge < -0.3 is 14.8 Å². The molecule has 2 aromatic heterocycles. The van der Waals surface area contributed by atoms with Crippen molar-refractivity contribution < 1.29 is 4.79 Å². The predicted octanol–water partition coefficient (Wildman–Crippen LogP) is 5.22. The molecule has 0 radical (unpaired) electrons. The minimum atomic E-state index is -0.0253. The molecular weight excluding hydrogens is 394 g/mol. The van der Waals surface area contributed by atoms with E-state index in [1.807, 2.05) is 53.8 Å². The fourth-order valence-electron chi connectivity index (χ4n) is 4.10. The second-order valence-electron chi connectivity index (χ2n) is 8.22. The highest BCUT2D eigenvalue weighted by Crippen LogP contribution is 2.29. The summed E-state index contributed by atoms with van der Waals surface area (Å²) in [5.74, 6) is 1.64. The molecule has 1 aliphatic heterocycles. The molecule has 0 unspecified atom stereocenters. The lowest BCUT2D eigenvalue weighted by molar-refractivity contribution is 0.183. The molecule has 1 N–H and O–H groups in total. The molecule has 0 atom stereocenters. The van der Waals surface area contributed by atoms with Gasteiger partial charge in [0, 0.05) is 42.3 Å². The quantitative estimate of drug-likeness (QED) is 0.572. The molecule has 30 heavy (non-hydrogen) atoms. The minimum absolute atomic E-state index is 0.0253. The molecule has 1 saturated heterocycles. The van der Waals surface area contributed by atoms with Crippen LogP contribution in [0.3, 0.4) is 0 Å². The van der Waals surface area contributed by atoms with Crippen molar-refractivity contribution in [3.05, 3.63) is 48.4 Å². The number of rotatable bonds is 5. The van der Waals surface area contributed by atoms with Gasteiger partial charge in [-0.1, -0.05) is 19.9 Å². The van der Waals surface area contributed by atoms with Gasteiger partial charge in [0.05, 0.1) is 0 Å². The SMILES string of the molecule is CSc1cccc(NC(=O)N2CCC(n3c(CC(C)C)nc4cccnc43)CC2)c1. The zero-order chi connectivity index (χ0) is 21.1. The number of aromatic nitrogens is 3. The van der Waals surface area contributed by atoms with Crippen LogP contribution in [0.1, 0.15) is 38.6 Å². The van der Waals surface area contributed by atoms with E-state index < -0.39 is 0 Å². The number of pyridine rings is 1. The molecule has 0 spiro atoms. The molecule has 6 nitrogen and oxygen atoms in total. The number of hydrogen-bond donors (Lipinski definition) is 1. The Kier molecular flexibility index (Phi) is 6.27. The maximum absolute atomic E-state index is 12.8. The lowest BCUT2D eigenvalue weighted by Gasteiger charge is -2.33. The van der Waals surface area contributed by atoms with Gasteiger partial charge in [-0.05, 0) is 55.3 Å². The summed E-state index contributed by atoms with van der Waals surface area (Å²) in [6.07, 6.45) is 6.62. The number of likely N-dealkylation sites (tertiary alicyclic amines) is 1. The largest absolute Gasteiger partial charge is 0.324 e. The molecule has 7 heteroatoms. The van der Waals surface area contributed by atoms with Gasteiger partial charge in [-0.15, -0.1) is 11.8 Å². The summed E-state index contributed by atoms with van der Waals surface area (Å²) in [6.45, 7) is 5.89. The zero-order valence-corrected chi connectivity index (χ0v) is 18.7. The first-order valence-electron chi connectivity index (χ1n) is 10.6. The normalized spacial score (nSPS) is 15.1. The highest BCUT2D eigenvalue weighted by atomic mass is 32.2. The highest BCUT2D eigenvalue weighted by molar-refractivity contribution is 7.98. The van der Waals surface area contributed by atoms with Crippen LogP contribution in [-0.4, -0.2) is 44.8 Å². The summed E-state index contributed by atoms with van der Waals surface area (Å²) in [6, 6.07) is 12.2. The summed E-state index contributed by atoms with van der Waals surface area (Å²) >= 11 is 1.67. The second kappa shape index (κ2) is 9.08. The third kappa shape index (κ3) is 4.46. The average Bonchev–Trinajstić information content (AvgIpc) is 3.11. The van der Waals surface area contributed by atoms with Crippen LogP contribution in [-0.2, 0) is 6.42 Å². The van der Waals surface area contributed by atoms with Crippen LogP contribution in [0.25, 0.3) is 11.2 Å². The van der Waals surface area contributed by atoms with E-state index in [0.717, 1.165) is 59.9 Å². The number of amides is 2. The van der Waals surface area contributed by atoms with Crippen molar-refractivity contribution in [2.24, 2.45) is 5.92 Å². The summed E-state index contributed by atoms with van der Waals surface area (Å²) in [5, 5.41) is 3.05.